The number of nitrogens with zero attached hydrogens (tertiary/aromatic N) is 4. The van der Waals surface area contributed by atoms with E-state index in [2.05, 4.69) is 4.98 Å². The van der Waals surface area contributed by atoms with Crippen LogP contribution in [-0.4, -0.2) is 49.1 Å². The molecule has 0 spiro atoms. The van der Waals surface area contributed by atoms with Gasteiger partial charge in [-0.1, -0.05) is 0 Å². The molecule has 0 unspecified atom stereocenters. The van der Waals surface area contributed by atoms with Gasteiger partial charge >= 0.3 is 0 Å². The minimum Gasteiger partial charge on any atom is -0.383 e. The lowest BCUT2D eigenvalue weighted by Gasteiger charge is -2.20. The van der Waals surface area contributed by atoms with Crippen LogP contribution in [0.1, 0.15) is 6.42 Å². The van der Waals surface area contributed by atoms with Crippen molar-refractivity contribution in [2.45, 2.75) is 11.4 Å². The first-order chi connectivity index (χ1) is 8.95. The van der Waals surface area contributed by atoms with E-state index in [1.807, 2.05) is 6.07 Å². The Morgan fingerprint density at radius 2 is 2.26 bits per heavy atom. The molecule has 0 saturated heterocycles. The van der Waals surface area contributed by atoms with Gasteiger partial charge in [0.1, 0.15) is 0 Å². The van der Waals surface area contributed by atoms with Crippen molar-refractivity contribution < 1.29 is 13.2 Å². The number of rotatable bonds is 7. The predicted octanol–water partition coefficient (Wildman–Crippen LogP) is -0.447. The van der Waals surface area contributed by atoms with Crippen LogP contribution in [0.2, 0.25) is 0 Å². The summed E-state index contributed by atoms with van der Waals surface area (Å²) >= 11 is 0. The molecule has 1 aromatic heterocycles. The SMILES string of the molecule is COCCN(CCC#N)S(=O)(=O)c1c(N)ncn1C. The fourth-order valence-electron chi connectivity index (χ4n) is 1.59. The number of aryl methyl sites for hydroxylation is 1. The summed E-state index contributed by atoms with van der Waals surface area (Å²) in [6.45, 7) is 0.486. The Hall–Kier alpha value is -1.63. The third kappa shape index (κ3) is 3.44. The monoisotopic (exact) mass is 287 g/mol. The maximum Gasteiger partial charge on any atom is 0.262 e. The summed E-state index contributed by atoms with van der Waals surface area (Å²) in [5.41, 5.74) is 5.59. The van der Waals surface area contributed by atoms with Gasteiger partial charge in [-0.3, -0.25) is 0 Å². The summed E-state index contributed by atoms with van der Waals surface area (Å²) in [5, 5.41) is 8.53. The third-order valence-corrected chi connectivity index (χ3v) is 4.54. The van der Waals surface area contributed by atoms with Crippen molar-refractivity contribution in [2.75, 3.05) is 32.5 Å². The largest absolute Gasteiger partial charge is 0.383 e. The number of methoxy groups -OCH3 is 1. The van der Waals surface area contributed by atoms with Crippen LogP contribution < -0.4 is 5.73 Å². The van der Waals surface area contributed by atoms with Crippen LogP contribution in [0.25, 0.3) is 0 Å². The number of nitriles is 1. The molecule has 0 aromatic carbocycles. The van der Waals surface area contributed by atoms with E-state index in [1.165, 1.54) is 22.3 Å². The van der Waals surface area contributed by atoms with E-state index in [0.717, 1.165) is 0 Å². The smallest absolute Gasteiger partial charge is 0.262 e. The van der Waals surface area contributed by atoms with Crippen LogP contribution in [0.3, 0.4) is 0 Å². The summed E-state index contributed by atoms with van der Waals surface area (Å²) in [7, 11) is -0.756. The van der Waals surface area contributed by atoms with Gasteiger partial charge in [0.05, 0.1) is 19.0 Å². The molecule has 0 radical (unpaired) electrons. The highest BCUT2D eigenvalue weighted by atomic mass is 32.2. The number of anilines is 1. The first-order valence-corrected chi connectivity index (χ1v) is 7.02. The van der Waals surface area contributed by atoms with E-state index < -0.39 is 10.0 Å². The number of nitrogen functional groups attached to an aromatic ring is 1. The second-order valence-corrected chi connectivity index (χ2v) is 5.70. The highest BCUT2D eigenvalue weighted by molar-refractivity contribution is 7.89. The summed E-state index contributed by atoms with van der Waals surface area (Å²) in [5.74, 6) is -0.0538. The summed E-state index contributed by atoms with van der Waals surface area (Å²) < 4.78 is 32.3. The molecule has 1 heterocycles. The van der Waals surface area contributed by atoms with Gasteiger partial charge in [-0.25, -0.2) is 13.4 Å². The van der Waals surface area contributed by atoms with Crippen LogP contribution in [-0.2, 0) is 21.8 Å². The van der Waals surface area contributed by atoms with Crippen molar-refractivity contribution in [1.29, 1.82) is 5.26 Å². The van der Waals surface area contributed by atoms with E-state index in [4.69, 9.17) is 15.7 Å². The van der Waals surface area contributed by atoms with Crippen molar-refractivity contribution in [3.05, 3.63) is 6.33 Å². The van der Waals surface area contributed by atoms with Crippen LogP contribution >= 0.6 is 0 Å². The third-order valence-electron chi connectivity index (χ3n) is 2.51. The summed E-state index contributed by atoms with van der Waals surface area (Å²) in [4.78, 5) is 3.76. The Bertz CT molecular complexity index is 541. The Morgan fingerprint density at radius 3 is 2.74 bits per heavy atom. The molecule has 0 atom stereocenters. The number of hydrogen-bond donors (Lipinski definition) is 1. The number of hydrogen-bond acceptors (Lipinski definition) is 6. The highest BCUT2D eigenvalue weighted by Gasteiger charge is 2.29. The van der Waals surface area contributed by atoms with Crippen molar-refractivity contribution in [1.82, 2.24) is 13.9 Å². The van der Waals surface area contributed by atoms with Gasteiger partial charge in [-0.2, -0.15) is 9.57 Å². The van der Waals surface area contributed by atoms with Crippen LogP contribution in [0.5, 0.6) is 0 Å². The molecule has 19 heavy (non-hydrogen) atoms. The molecule has 0 fully saturated rings. The van der Waals surface area contributed by atoms with Gasteiger partial charge in [-0.05, 0) is 0 Å². The molecule has 0 aliphatic carbocycles. The normalized spacial score (nSPS) is 11.7. The number of sulfonamides is 1. The van der Waals surface area contributed by atoms with Gasteiger partial charge in [0.2, 0.25) is 0 Å². The average Bonchev–Trinajstić information content (AvgIpc) is 2.69. The molecule has 0 aliphatic heterocycles. The standard InChI is InChI=1S/C10H17N5O3S/c1-14-8-13-9(12)10(14)19(16,17)15(5-3-4-11)6-7-18-2/h8H,3,5-7,12H2,1-2H3. The lowest BCUT2D eigenvalue weighted by atomic mass is 10.4. The van der Waals surface area contributed by atoms with E-state index in [9.17, 15) is 8.42 Å². The first-order valence-electron chi connectivity index (χ1n) is 5.58. The van der Waals surface area contributed by atoms with E-state index in [1.54, 1.807) is 7.05 Å². The molecule has 9 heteroatoms. The number of nitrogens with two attached hydrogens (primary N) is 1. The lowest BCUT2D eigenvalue weighted by molar-refractivity contribution is 0.179. The van der Waals surface area contributed by atoms with E-state index in [-0.39, 0.29) is 37.0 Å². The lowest BCUT2D eigenvalue weighted by Crippen LogP contribution is -2.36. The maximum atomic E-state index is 12.5. The topological polar surface area (TPSA) is 114 Å². The molecule has 0 saturated carbocycles. The van der Waals surface area contributed by atoms with Crippen LogP contribution in [0.4, 0.5) is 5.82 Å². The molecule has 0 amide bonds. The minimum absolute atomic E-state index is 0.0538. The number of ether oxygens (including phenoxy) is 1. The molecular weight excluding hydrogens is 270 g/mol. The molecule has 2 N–H and O–H groups in total. The quantitative estimate of drug-likeness (QED) is 0.726. The highest BCUT2D eigenvalue weighted by Crippen LogP contribution is 2.20. The zero-order valence-electron chi connectivity index (χ0n) is 10.9. The average molecular weight is 287 g/mol. The molecule has 106 valence electrons. The zero-order valence-corrected chi connectivity index (χ0v) is 11.7. The predicted molar refractivity (Wildman–Crippen MR) is 68.5 cm³/mol. The number of imidazole rings is 1. The summed E-state index contributed by atoms with van der Waals surface area (Å²) in [6, 6.07) is 1.92. The Balaban J connectivity index is 3.09. The van der Waals surface area contributed by atoms with E-state index in [0.29, 0.717) is 0 Å². The van der Waals surface area contributed by atoms with Gasteiger partial charge in [0.15, 0.2) is 10.8 Å². The Kier molecular flexibility index (Phi) is 5.29. The minimum atomic E-state index is -3.79. The van der Waals surface area contributed by atoms with Crippen molar-refractivity contribution in [3.63, 3.8) is 0 Å². The molecular formula is C10H17N5O3S. The van der Waals surface area contributed by atoms with Gasteiger partial charge in [-0.15, -0.1) is 0 Å². The fourth-order valence-corrected chi connectivity index (χ4v) is 3.21. The molecule has 8 nitrogen and oxygen atoms in total. The summed E-state index contributed by atoms with van der Waals surface area (Å²) in [6.07, 6.45) is 1.43. The zero-order chi connectivity index (χ0) is 14.5. The van der Waals surface area contributed by atoms with Crippen molar-refractivity contribution in [2.24, 2.45) is 7.05 Å². The maximum absolute atomic E-state index is 12.5. The van der Waals surface area contributed by atoms with Gasteiger partial charge < -0.3 is 15.0 Å². The van der Waals surface area contributed by atoms with E-state index >= 15 is 0 Å². The molecule has 0 bridgehead atoms. The fraction of sp³-hybridized carbons (Fsp3) is 0.600. The van der Waals surface area contributed by atoms with Crippen molar-refractivity contribution >= 4 is 15.8 Å². The second-order valence-electron chi connectivity index (χ2n) is 3.85. The van der Waals surface area contributed by atoms with Crippen molar-refractivity contribution in [3.8, 4) is 6.07 Å². The molecule has 1 rings (SSSR count). The molecule has 0 aliphatic rings. The van der Waals surface area contributed by atoms with Crippen LogP contribution in [0, 0.1) is 11.3 Å². The van der Waals surface area contributed by atoms with Crippen LogP contribution in [0.15, 0.2) is 11.4 Å². The van der Waals surface area contributed by atoms with Gasteiger partial charge in [0, 0.05) is 33.7 Å². The van der Waals surface area contributed by atoms with Gasteiger partial charge in [0.25, 0.3) is 10.0 Å². The molecule has 1 aromatic rings. The number of aromatic nitrogens is 2. The Morgan fingerprint density at radius 1 is 1.58 bits per heavy atom. The second kappa shape index (κ2) is 6.51. The first kappa shape index (κ1) is 15.4. The Labute approximate surface area is 112 Å².